The summed E-state index contributed by atoms with van der Waals surface area (Å²) < 4.78 is 5.24. The minimum absolute atomic E-state index is 0.00378. The number of rotatable bonds is 5. The molecule has 1 aliphatic rings. The van der Waals surface area contributed by atoms with Crippen LogP contribution in [0.1, 0.15) is 17.2 Å². The Kier molecular flexibility index (Phi) is 5.68. The van der Waals surface area contributed by atoms with Crippen molar-refractivity contribution in [2.45, 2.75) is 13.0 Å². The predicted molar refractivity (Wildman–Crippen MR) is 100.0 cm³/mol. The molecule has 2 aromatic carbocycles. The molecular weight excluding hydrogens is 314 g/mol. The standard InChI is InChI=1S/C20H25N3O2/c1-15-3-7-17(8-4-15)22-20(24)19(23-13-11-21-12-14-23)16-5-9-18(25-2)10-6-16/h3-10,19,21H,11-14H2,1-2H3,(H,22,24). The summed E-state index contributed by atoms with van der Waals surface area (Å²) in [5.74, 6) is 0.790. The number of hydrogen-bond acceptors (Lipinski definition) is 4. The zero-order valence-electron chi connectivity index (χ0n) is 14.8. The highest BCUT2D eigenvalue weighted by Gasteiger charge is 2.28. The number of aryl methyl sites for hydroxylation is 1. The van der Waals surface area contributed by atoms with Gasteiger partial charge in [0.15, 0.2) is 0 Å². The van der Waals surface area contributed by atoms with Crippen molar-refractivity contribution in [2.75, 3.05) is 38.6 Å². The quantitative estimate of drug-likeness (QED) is 0.879. The zero-order valence-corrected chi connectivity index (χ0v) is 14.8. The largest absolute Gasteiger partial charge is 0.497 e. The fraction of sp³-hybridized carbons (Fsp3) is 0.350. The molecular formula is C20H25N3O2. The zero-order chi connectivity index (χ0) is 17.6. The van der Waals surface area contributed by atoms with Crippen LogP contribution in [-0.2, 0) is 4.79 Å². The summed E-state index contributed by atoms with van der Waals surface area (Å²) in [6.45, 7) is 5.51. The van der Waals surface area contributed by atoms with Gasteiger partial charge in [-0.3, -0.25) is 9.69 Å². The Bertz CT molecular complexity index is 692. The van der Waals surface area contributed by atoms with Crippen LogP contribution in [-0.4, -0.2) is 44.1 Å². The third-order valence-electron chi connectivity index (χ3n) is 4.52. The van der Waals surface area contributed by atoms with Crippen LogP contribution in [0, 0.1) is 6.92 Å². The smallest absolute Gasteiger partial charge is 0.246 e. The number of ether oxygens (including phenoxy) is 1. The monoisotopic (exact) mass is 339 g/mol. The van der Waals surface area contributed by atoms with Crippen molar-refractivity contribution in [3.63, 3.8) is 0 Å². The molecule has 2 aromatic rings. The van der Waals surface area contributed by atoms with Crippen molar-refractivity contribution < 1.29 is 9.53 Å². The highest BCUT2D eigenvalue weighted by molar-refractivity contribution is 5.95. The van der Waals surface area contributed by atoms with Crippen molar-refractivity contribution >= 4 is 11.6 Å². The number of amides is 1. The van der Waals surface area contributed by atoms with Crippen LogP contribution < -0.4 is 15.4 Å². The second-order valence-corrected chi connectivity index (χ2v) is 6.32. The van der Waals surface area contributed by atoms with E-state index in [0.29, 0.717) is 0 Å². The Hall–Kier alpha value is -2.37. The first-order valence-electron chi connectivity index (χ1n) is 8.63. The molecule has 1 aliphatic heterocycles. The van der Waals surface area contributed by atoms with Crippen LogP contribution in [0.4, 0.5) is 5.69 Å². The third-order valence-corrected chi connectivity index (χ3v) is 4.52. The van der Waals surface area contributed by atoms with Crippen molar-refractivity contribution in [3.8, 4) is 5.75 Å². The van der Waals surface area contributed by atoms with E-state index in [-0.39, 0.29) is 11.9 Å². The number of nitrogens with one attached hydrogen (secondary N) is 2. The second kappa shape index (κ2) is 8.14. The second-order valence-electron chi connectivity index (χ2n) is 6.32. The first kappa shape index (κ1) is 17.5. The van der Waals surface area contributed by atoms with E-state index in [1.165, 1.54) is 5.56 Å². The van der Waals surface area contributed by atoms with Crippen LogP contribution in [0.15, 0.2) is 48.5 Å². The average Bonchev–Trinajstić information content (AvgIpc) is 2.65. The fourth-order valence-corrected chi connectivity index (χ4v) is 3.10. The van der Waals surface area contributed by atoms with Gasteiger partial charge in [0, 0.05) is 31.9 Å². The highest BCUT2D eigenvalue weighted by Crippen LogP contribution is 2.25. The lowest BCUT2D eigenvalue weighted by Gasteiger charge is -2.34. The number of anilines is 1. The molecule has 0 aliphatic carbocycles. The summed E-state index contributed by atoms with van der Waals surface area (Å²) in [7, 11) is 1.65. The molecule has 0 bridgehead atoms. The molecule has 1 atom stereocenters. The topological polar surface area (TPSA) is 53.6 Å². The number of benzene rings is 2. The Labute approximate surface area is 149 Å². The fourth-order valence-electron chi connectivity index (χ4n) is 3.10. The summed E-state index contributed by atoms with van der Waals surface area (Å²) in [6.07, 6.45) is 0. The van der Waals surface area contributed by atoms with E-state index in [1.54, 1.807) is 7.11 Å². The molecule has 3 rings (SSSR count). The average molecular weight is 339 g/mol. The van der Waals surface area contributed by atoms with E-state index >= 15 is 0 Å². The maximum Gasteiger partial charge on any atom is 0.246 e. The lowest BCUT2D eigenvalue weighted by molar-refractivity contribution is -0.121. The minimum atomic E-state index is -0.311. The van der Waals surface area contributed by atoms with E-state index in [9.17, 15) is 4.79 Å². The molecule has 0 saturated carbocycles. The number of carbonyl (C=O) groups is 1. The van der Waals surface area contributed by atoms with Gasteiger partial charge in [-0.15, -0.1) is 0 Å². The molecule has 1 amide bonds. The van der Waals surface area contributed by atoms with Gasteiger partial charge in [0.05, 0.1) is 7.11 Å². The van der Waals surface area contributed by atoms with Crippen molar-refractivity contribution in [1.82, 2.24) is 10.2 Å². The van der Waals surface area contributed by atoms with E-state index < -0.39 is 0 Å². The number of nitrogens with zero attached hydrogens (tertiary/aromatic N) is 1. The van der Waals surface area contributed by atoms with Crippen LogP contribution in [0.5, 0.6) is 5.75 Å². The normalized spacial score (nSPS) is 16.2. The van der Waals surface area contributed by atoms with E-state index in [0.717, 1.165) is 43.2 Å². The molecule has 1 fully saturated rings. The lowest BCUT2D eigenvalue weighted by Crippen LogP contribution is -2.48. The number of methoxy groups -OCH3 is 1. The molecule has 0 spiro atoms. The molecule has 1 saturated heterocycles. The van der Waals surface area contributed by atoms with Gasteiger partial charge in [-0.25, -0.2) is 0 Å². The van der Waals surface area contributed by atoms with Gasteiger partial charge in [-0.2, -0.15) is 0 Å². The number of carbonyl (C=O) groups excluding carboxylic acids is 1. The van der Waals surface area contributed by atoms with Gasteiger partial charge >= 0.3 is 0 Å². The van der Waals surface area contributed by atoms with Crippen molar-refractivity contribution in [1.29, 1.82) is 0 Å². The lowest BCUT2D eigenvalue weighted by atomic mass is 10.0. The Balaban J connectivity index is 1.83. The molecule has 0 radical (unpaired) electrons. The van der Waals surface area contributed by atoms with E-state index in [4.69, 9.17) is 4.74 Å². The van der Waals surface area contributed by atoms with Crippen molar-refractivity contribution in [3.05, 3.63) is 59.7 Å². The molecule has 1 heterocycles. The van der Waals surface area contributed by atoms with Gasteiger partial charge < -0.3 is 15.4 Å². The van der Waals surface area contributed by atoms with Gasteiger partial charge in [0.25, 0.3) is 0 Å². The van der Waals surface area contributed by atoms with Gasteiger partial charge in [-0.1, -0.05) is 29.8 Å². The van der Waals surface area contributed by atoms with Crippen LogP contribution >= 0.6 is 0 Å². The van der Waals surface area contributed by atoms with Gasteiger partial charge in [0.1, 0.15) is 11.8 Å². The first-order valence-corrected chi connectivity index (χ1v) is 8.63. The molecule has 1 unspecified atom stereocenters. The number of piperazine rings is 1. The van der Waals surface area contributed by atoms with Gasteiger partial charge in [-0.05, 0) is 36.8 Å². The maximum atomic E-state index is 13.0. The summed E-state index contributed by atoms with van der Waals surface area (Å²) >= 11 is 0. The minimum Gasteiger partial charge on any atom is -0.497 e. The molecule has 0 aromatic heterocycles. The van der Waals surface area contributed by atoms with E-state index in [1.807, 2.05) is 55.5 Å². The summed E-state index contributed by atoms with van der Waals surface area (Å²) in [4.78, 5) is 15.3. The highest BCUT2D eigenvalue weighted by atomic mass is 16.5. The first-order chi connectivity index (χ1) is 12.2. The molecule has 2 N–H and O–H groups in total. The van der Waals surface area contributed by atoms with E-state index in [2.05, 4.69) is 15.5 Å². The summed E-state index contributed by atoms with van der Waals surface area (Å²) in [6, 6.07) is 15.3. The van der Waals surface area contributed by atoms with Crippen molar-refractivity contribution in [2.24, 2.45) is 0 Å². The van der Waals surface area contributed by atoms with Gasteiger partial charge in [0.2, 0.25) is 5.91 Å². The van der Waals surface area contributed by atoms with Crippen LogP contribution in [0.3, 0.4) is 0 Å². The Morgan fingerprint density at radius 1 is 1.08 bits per heavy atom. The summed E-state index contributed by atoms with van der Waals surface area (Å²) in [5.41, 5.74) is 2.98. The van der Waals surface area contributed by atoms with Crippen LogP contribution in [0.25, 0.3) is 0 Å². The molecule has 25 heavy (non-hydrogen) atoms. The molecule has 132 valence electrons. The Morgan fingerprint density at radius 3 is 2.32 bits per heavy atom. The summed E-state index contributed by atoms with van der Waals surface area (Å²) in [5, 5.41) is 6.40. The third kappa shape index (κ3) is 4.38. The number of hydrogen-bond donors (Lipinski definition) is 2. The van der Waals surface area contributed by atoms with Crippen LogP contribution in [0.2, 0.25) is 0 Å². The molecule has 5 heteroatoms. The maximum absolute atomic E-state index is 13.0. The SMILES string of the molecule is COc1ccc(C(C(=O)Nc2ccc(C)cc2)N2CCNCC2)cc1. The Morgan fingerprint density at radius 2 is 1.72 bits per heavy atom. The predicted octanol–water partition coefficient (Wildman–Crippen LogP) is 2.59. The molecule has 5 nitrogen and oxygen atoms in total.